The Morgan fingerprint density at radius 3 is 2.76 bits per heavy atom. The maximum atomic E-state index is 5.87. The van der Waals surface area contributed by atoms with Crippen LogP contribution in [0.3, 0.4) is 0 Å². The zero-order chi connectivity index (χ0) is 15.2. The minimum atomic E-state index is 0.613. The van der Waals surface area contributed by atoms with Crippen LogP contribution >= 0.6 is 48.6 Å². The van der Waals surface area contributed by atoms with E-state index in [1.54, 1.807) is 11.3 Å². The number of nitrogens with zero attached hydrogens (tertiary/aromatic N) is 1. The third-order valence-electron chi connectivity index (χ3n) is 3.05. The normalized spacial score (nSPS) is 10.3. The standard InChI is InChI=1S/C15H15NO2S.I2/c1-10-13(16-11(2)18-10)6-8-17-14-4-3-5-15-12(14)7-9-19-15;1-2/h3-5,7,9H,6,8H2,1-2H3;. The van der Waals surface area contributed by atoms with Crippen molar-refractivity contribution >= 4 is 58.7 Å². The molecule has 3 nitrogen and oxygen atoms in total. The van der Waals surface area contributed by atoms with Crippen molar-refractivity contribution in [3.05, 3.63) is 47.0 Å². The summed E-state index contributed by atoms with van der Waals surface area (Å²) in [5, 5.41) is 3.27. The molecule has 3 rings (SSSR count). The summed E-state index contributed by atoms with van der Waals surface area (Å²) in [6.07, 6.45) is 0.768. The van der Waals surface area contributed by atoms with E-state index in [1.807, 2.05) is 26.0 Å². The van der Waals surface area contributed by atoms with E-state index in [4.69, 9.17) is 9.15 Å². The second-order valence-corrected chi connectivity index (χ2v) is 5.37. The summed E-state index contributed by atoms with van der Waals surface area (Å²) in [5.41, 5.74) is 0.981. The van der Waals surface area contributed by atoms with Crippen molar-refractivity contribution < 1.29 is 9.15 Å². The number of oxazole rings is 1. The molecule has 21 heavy (non-hydrogen) atoms. The summed E-state index contributed by atoms with van der Waals surface area (Å²) in [4.78, 5) is 4.35. The SMILES string of the molecule is Cc1nc(CCOc2cccc3sccc23)c(C)o1.II. The van der Waals surface area contributed by atoms with E-state index in [0.717, 1.165) is 23.6 Å². The summed E-state index contributed by atoms with van der Waals surface area (Å²) >= 11 is 5.97. The predicted octanol–water partition coefficient (Wildman–Crippen LogP) is 5.90. The van der Waals surface area contributed by atoms with Gasteiger partial charge in [0.05, 0.1) is 12.3 Å². The van der Waals surface area contributed by atoms with E-state index in [1.165, 1.54) is 10.1 Å². The molecule has 0 N–H and O–H groups in total. The van der Waals surface area contributed by atoms with Gasteiger partial charge in [-0.1, -0.05) is 6.07 Å². The van der Waals surface area contributed by atoms with Crippen LogP contribution in [0.25, 0.3) is 10.1 Å². The molecule has 0 amide bonds. The van der Waals surface area contributed by atoms with Crippen LogP contribution in [0.15, 0.2) is 34.1 Å². The van der Waals surface area contributed by atoms with Crippen LogP contribution in [0, 0.1) is 13.8 Å². The maximum absolute atomic E-state index is 5.87. The number of aryl methyl sites for hydroxylation is 2. The van der Waals surface area contributed by atoms with Crippen molar-refractivity contribution in [1.29, 1.82) is 0 Å². The number of ether oxygens (including phenoxy) is 1. The lowest BCUT2D eigenvalue weighted by molar-refractivity contribution is 0.323. The van der Waals surface area contributed by atoms with Crippen molar-refractivity contribution in [1.82, 2.24) is 4.98 Å². The molecular weight excluding hydrogens is 512 g/mol. The first-order valence-electron chi connectivity index (χ1n) is 6.40. The molecule has 0 aliphatic carbocycles. The smallest absolute Gasteiger partial charge is 0.191 e. The van der Waals surface area contributed by atoms with Gasteiger partial charge in [-0.15, -0.1) is 11.3 Å². The summed E-state index contributed by atoms with van der Waals surface area (Å²) in [5.74, 6) is 2.54. The Labute approximate surface area is 151 Å². The van der Waals surface area contributed by atoms with Crippen LogP contribution in [0.5, 0.6) is 5.75 Å². The second kappa shape index (κ2) is 8.33. The second-order valence-electron chi connectivity index (χ2n) is 4.42. The van der Waals surface area contributed by atoms with Gasteiger partial charge in [-0.25, -0.2) is 4.98 Å². The van der Waals surface area contributed by atoms with Gasteiger partial charge in [-0.2, -0.15) is 0 Å². The molecule has 112 valence electrons. The zero-order valence-corrected chi connectivity index (χ0v) is 16.9. The highest BCUT2D eigenvalue weighted by Gasteiger charge is 2.07. The minimum absolute atomic E-state index is 0.613. The summed E-state index contributed by atoms with van der Waals surface area (Å²) in [6, 6.07) is 8.24. The van der Waals surface area contributed by atoms with Gasteiger partial charge >= 0.3 is 0 Å². The van der Waals surface area contributed by atoms with Gasteiger partial charge in [0.1, 0.15) is 11.5 Å². The lowest BCUT2D eigenvalue weighted by Crippen LogP contribution is -2.02. The van der Waals surface area contributed by atoms with Crippen LogP contribution in [-0.4, -0.2) is 11.6 Å². The van der Waals surface area contributed by atoms with Gasteiger partial charge in [-0.05, 0) is 30.5 Å². The highest BCUT2D eigenvalue weighted by atomic mass is 128. The van der Waals surface area contributed by atoms with Gasteiger partial charge in [-0.3, -0.25) is 0 Å². The molecule has 0 unspecified atom stereocenters. The molecule has 0 saturated heterocycles. The minimum Gasteiger partial charge on any atom is -0.493 e. The molecule has 6 heteroatoms. The molecular formula is C15H15I2NO2S. The largest absolute Gasteiger partial charge is 0.493 e. The first-order valence-corrected chi connectivity index (χ1v) is 13.6. The van der Waals surface area contributed by atoms with E-state index in [0.29, 0.717) is 12.5 Å². The third kappa shape index (κ3) is 4.32. The van der Waals surface area contributed by atoms with Crippen LogP contribution in [0.1, 0.15) is 17.3 Å². The average molecular weight is 527 g/mol. The Balaban J connectivity index is 0.000000774. The molecule has 0 fully saturated rings. The Bertz CT molecular complexity index is 709. The quantitative estimate of drug-likeness (QED) is 0.397. The van der Waals surface area contributed by atoms with Gasteiger partial charge in [0, 0.05) is 60.7 Å². The molecule has 1 aromatic carbocycles. The highest BCUT2D eigenvalue weighted by molar-refractivity contribution is 15.0. The van der Waals surface area contributed by atoms with Crippen molar-refractivity contribution in [3.8, 4) is 5.75 Å². The number of hydrogen-bond acceptors (Lipinski definition) is 4. The number of rotatable bonds is 4. The molecule has 0 spiro atoms. The van der Waals surface area contributed by atoms with Gasteiger partial charge in [0.2, 0.25) is 0 Å². The number of benzene rings is 1. The van der Waals surface area contributed by atoms with E-state index in [2.05, 4.69) is 59.7 Å². The third-order valence-corrected chi connectivity index (χ3v) is 3.93. The molecule has 0 atom stereocenters. The number of aromatic nitrogens is 1. The predicted molar refractivity (Wildman–Crippen MR) is 105 cm³/mol. The summed E-state index contributed by atoms with van der Waals surface area (Å²) in [6.45, 7) is 4.42. The van der Waals surface area contributed by atoms with E-state index >= 15 is 0 Å². The fourth-order valence-electron chi connectivity index (χ4n) is 2.15. The lowest BCUT2D eigenvalue weighted by Gasteiger charge is -2.06. The monoisotopic (exact) mass is 527 g/mol. The fraction of sp³-hybridized carbons (Fsp3) is 0.267. The van der Waals surface area contributed by atoms with E-state index < -0.39 is 0 Å². The highest BCUT2D eigenvalue weighted by Crippen LogP contribution is 2.29. The van der Waals surface area contributed by atoms with Crippen LogP contribution < -0.4 is 4.74 Å². The average Bonchev–Trinajstić information content (AvgIpc) is 3.08. The molecule has 0 aliphatic rings. The van der Waals surface area contributed by atoms with Crippen LogP contribution in [0.2, 0.25) is 0 Å². The summed E-state index contributed by atoms with van der Waals surface area (Å²) < 4.78 is 12.5. The van der Waals surface area contributed by atoms with Crippen molar-refractivity contribution in [2.45, 2.75) is 20.3 Å². The Kier molecular flexibility index (Phi) is 6.74. The maximum Gasteiger partial charge on any atom is 0.191 e. The van der Waals surface area contributed by atoms with Gasteiger partial charge in [0.25, 0.3) is 0 Å². The zero-order valence-electron chi connectivity index (χ0n) is 11.7. The number of hydrogen-bond donors (Lipinski definition) is 0. The number of fused-ring (bicyclic) bond motifs is 1. The molecule has 3 aromatic rings. The van der Waals surface area contributed by atoms with E-state index in [-0.39, 0.29) is 0 Å². The lowest BCUT2D eigenvalue weighted by atomic mass is 10.2. The van der Waals surface area contributed by atoms with Crippen molar-refractivity contribution in [3.63, 3.8) is 0 Å². The van der Waals surface area contributed by atoms with Crippen molar-refractivity contribution in [2.75, 3.05) is 6.61 Å². The summed E-state index contributed by atoms with van der Waals surface area (Å²) in [7, 11) is 0. The molecule has 0 aliphatic heterocycles. The van der Waals surface area contributed by atoms with E-state index in [9.17, 15) is 0 Å². The Hall–Kier alpha value is -0.350. The van der Waals surface area contributed by atoms with Gasteiger partial charge in [0.15, 0.2) is 5.89 Å². The van der Waals surface area contributed by atoms with Crippen LogP contribution in [0.4, 0.5) is 0 Å². The van der Waals surface area contributed by atoms with Crippen molar-refractivity contribution in [2.24, 2.45) is 0 Å². The first-order chi connectivity index (χ1) is 10.2. The molecule has 0 bridgehead atoms. The van der Waals surface area contributed by atoms with Gasteiger partial charge < -0.3 is 9.15 Å². The first kappa shape index (κ1) is 17.0. The molecule has 2 heterocycles. The molecule has 0 saturated carbocycles. The number of halogens is 2. The Morgan fingerprint density at radius 2 is 2.05 bits per heavy atom. The fourth-order valence-corrected chi connectivity index (χ4v) is 2.96. The molecule has 2 aromatic heterocycles. The molecule has 0 radical (unpaired) electrons. The van der Waals surface area contributed by atoms with Crippen LogP contribution in [-0.2, 0) is 6.42 Å². The number of thiophene rings is 1. The topological polar surface area (TPSA) is 35.3 Å². The Morgan fingerprint density at radius 1 is 1.24 bits per heavy atom.